The summed E-state index contributed by atoms with van der Waals surface area (Å²) in [5.41, 5.74) is 5.37. The van der Waals surface area contributed by atoms with Crippen LogP contribution >= 0.6 is 0 Å². The van der Waals surface area contributed by atoms with Crippen molar-refractivity contribution in [2.75, 3.05) is 124 Å². The second-order valence-corrected chi connectivity index (χ2v) is 24.9. The first kappa shape index (κ1) is 62.6. The van der Waals surface area contributed by atoms with Gasteiger partial charge in [0.2, 0.25) is 11.8 Å². The molecule has 0 aromatic heterocycles. The van der Waals surface area contributed by atoms with Crippen LogP contribution in [0.4, 0.5) is 0 Å². The van der Waals surface area contributed by atoms with Crippen LogP contribution in [0.25, 0.3) is 0 Å². The first-order valence-electron chi connectivity index (χ1n) is 32.5. The molecular formula is C68H90N4O16S2. The van der Waals surface area contributed by atoms with Gasteiger partial charge < -0.3 is 65.8 Å². The van der Waals surface area contributed by atoms with Gasteiger partial charge in [0, 0.05) is 64.0 Å². The zero-order chi connectivity index (χ0) is 70.8. The number of ether oxygens (including phenoxy) is 8. The summed E-state index contributed by atoms with van der Waals surface area (Å²) >= 11 is 0. The van der Waals surface area contributed by atoms with Crippen LogP contribution in [0.3, 0.4) is 0 Å². The Morgan fingerprint density at radius 1 is 0.467 bits per heavy atom. The lowest BCUT2D eigenvalue weighted by Gasteiger charge is -2.46. The van der Waals surface area contributed by atoms with Gasteiger partial charge in [0.05, 0.1) is 128 Å². The quantitative estimate of drug-likeness (QED) is 0.0266. The smallest absolute Gasteiger partial charge is 0.227 e. The summed E-state index contributed by atoms with van der Waals surface area (Å²) in [5, 5.41) is 0. The van der Waals surface area contributed by atoms with Crippen molar-refractivity contribution in [2.45, 2.75) is 86.1 Å². The molecule has 2 aliphatic heterocycles. The van der Waals surface area contributed by atoms with Gasteiger partial charge >= 0.3 is 0 Å². The number of nitrogens with zero attached hydrogens (tertiary/aromatic N) is 4. The van der Waals surface area contributed by atoms with E-state index in [9.17, 15) is 35.5 Å². The first-order valence-corrected chi connectivity index (χ1v) is 32.4. The fourth-order valence-corrected chi connectivity index (χ4v) is 12.4. The second-order valence-electron chi connectivity index (χ2n) is 22.2. The van der Waals surface area contributed by atoms with Crippen molar-refractivity contribution < 1.29 is 90.6 Å². The highest BCUT2D eigenvalue weighted by Crippen LogP contribution is 2.45. The Morgan fingerprint density at radius 2 is 0.789 bits per heavy atom. The van der Waals surface area contributed by atoms with Crippen LogP contribution in [0, 0.1) is 0 Å². The third-order valence-electron chi connectivity index (χ3n) is 16.6. The van der Waals surface area contributed by atoms with E-state index in [-0.39, 0.29) is 56.5 Å². The molecule has 8 rings (SSSR count). The van der Waals surface area contributed by atoms with Crippen molar-refractivity contribution in [1.29, 1.82) is 0 Å². The maximum absolute atomic E-state index is 13.9. The highest BCUT2D eigenvalue weighted by molar-refractivity contribution is 7.86. The molecule has 22 heteroatoms. The summed E-state index contributed by atoms with van der Waals surface area (Å²) in [6.45, 7) is -3.12. The van der Waals surface area contributed by atoms with Crippen LogP contribution in [-0.2, 0) is 55.5 Å². The largest absolute Gasteiger partial charge is 0.744 e. The molecule has 20 nitrogen and oxygen atoms in total. The molecule has 0 spiro atoms. The van der Waals surface area contributed by atoms with E-state index in [4.69, 9.17) is 46.1 Å². The molecule has 6 aromatic rings. The lowest BCUT2D eigenvalue weighted by molar-refractivity contribution is -0.940. The summed E-state index contributed by atoms with van der Waals surface area (Å²) in [5.74, 6) is 4.10. The maximum atomic E-state index is 13.9. The van der Waals surface area contributed by atoms with Gasteiger partial charge in [-0.1, -0.05) is 61.4 Å². The molecule has 90 heavy (non-hydrogen) atoms. The van der Waals surface area contributed by atoms with Crippen LogP contribution < -0.4 is 37.9 Å². The van der Waals surface area contributed by atoms with Gasteiger partial charge in [-0.2, -0.15) is 0 Å². The molecule has 4 unspecified atom stereocenters. The van der Waals surface area contributed by atoms with E-state index in [1.165, 1.54) is 48.5 Å². The summed E-state index contributed by atoms with van der Waals surface area (Å²) in [6.07, 6.45) is 4.85. The van der Waals surface area contributed by atoms with Crippen molar-refractivity contribution in [1.82, 2.24) is 9.80 Å². The van der Waals surface area contributed by atoms with Crippen molar-refractivity contribution in [2.24, 2.45) is 0 Å². The van der Waals surface area contributed by atoms with Gasteiger partial charge in [0.1, 0.15) is 32.3 Å². The van der Waals surface area contributed by atoms with E-state index in [0.717, 1.165) is 59.1 Å². The number of rotatable bonds is 27. The van der Waals surface area contributed by atoms with Gasteiger partial charge in [-0.3, -0.25) is 9.59 Å². The Kier molecular flexibility index (Phi) is 22.9. The Morgan fingerprint density at radius 3 is 1.09 bits per heavy atom. The predicted molar refractivity (Wildman–Crippen MR) is 342 cm³/mol. The number of unbranched alkanes of at least 4 members (excludes halogenated alkanes) is 3. The summed E-state index contributed by atoms with van der Waals surface area (Å²) < 4.78 is 160. The van der Waals surface area contributed by atoms with E-state index in [1.54, 1.807) is 92.9 Å². The number of carbonyl (C=O) groups is 2. The van der Waals surface area contributed by atoms with Crippen molar-refractivity contribution in [3.8, 4) is 46.0 Å². The number of methoxy groups -OCH3 is 8. The monoisotopic (exact) mass is 1290 g/mol. The van der Waals surface area contributed by atoms with E-state index in [0.29, 0.717) is 97.9 Å². The molecule has 490 valence electrons. The van der Waals surface area contributed by atoms with Gasteiger partial charge in [-0.25, -0.2) is 16.8 Å². The average molecular weight is 1290 g/mol. The molecule has 0 saturated heterocycles. The number of benzene rings is 6. The number of hydrogen-bond acceptors (Lipinski definition) is 16. The van der Waals surface area contributed by atoms with Crippen LogP contribution in [0.2, 0.25) is 0 Å². The number of amides is 2. The predicted octanol–water partition coefficient (Wildman–Crippen LogP) is 9.47. The normalized spacial score (nSPS) is 18.8. The zero-order valence-electron chi connectivity index (χ0n) is 59.2. The number of hydrogen-bond donors (Lipinski definition) is 0. The average Bonchev–Trinajstić information content (AvgIpc) is 0.738. The fourth-order valence-electron chi connectivity index (χ4n) is 11.4. The van der Waals surface area contributed by atoms with Crippen molar-refractivity contribution in [3.63, 3.8) is 0 Å². The van der Waals surface area contributed by atoms with Crippen molar-refractivity contribution >= 4 is 32.1 Å². The number of carbonyl (C=O) groups excluding carboxylic acids is 2. The first-order chi connectivity index (χ1) is 45.4. The molecule has 0 fully saturated rings. The Bertz CT molecular complexity index is 3550. The van der Waals surface area contributed by atoms with Crippen LogP contribution in [0.5, 0.6) is 46.0 Å². The maximum Gasteiger partial charge on any atom is 0.227 e. The van der Waals surface area contributed by atoms with Crippen molar-refractivity contribution in [3.05, 3.63) is 155 Å². The standard InChI is InChI=1S/C56H80N4O10.2C6H6O3S/c1-57(55(61)23-29-59(3)27-21-41-35-51(67-9)53(69-11)37-43(41)45(59)31-39-17-19-47(63-5)49(33-39)65-7)25-15-13-14-16-26-58(2)56(62)24-30-60(4)28-22-42-36-52(68-10)54(70-12)38-44(42)46(60)32-40-18-20-48(64-6)50(34-40)66-8;2*7-10(8,9)6-4-2-1-3-5-6/h17-20,33-38,45-46H,13-16,21-32H2,1-12H3;2*1-5H,(H,7,8,9)/q+2;;/p-2/i3D3,4D3;;. The third kappa shape index (κ3) is 19.0. The molecule has 2 aliphatic rings. The number of likely N-dealkylation sites (N-methyl/N-ethyl adjacent to an activating group) is 2. The van der Waals surface area contributed by atoms with Crippen LogP contribution in [0.15, 0.2) is 131 Å². The van der Waals surface area contributed by atoms with Crippen LogP contribution in [0.1, 0.15) is 92.2 Å². The summed E-state index contributed by atoms with van der Waals surface area (Å²) in [4.78, 5) is 30.8. The molecule has 0 bridgehead atoms. The Labute approximate surface area is 541 Å². The second kappa shape index (κ2) is 32.9. The minimum atomic E-state index is -4.25. The minimum Gasteiger partial charge on any atom is -0.744 e. The minimum absolute atomic E-state index is 0.0427. The third-order valence-corrected chi connectivity index (χ3v) is 18.3. The lowest BCUT2D eigenvalue weighted by Crippen LogP contribution is -2.53. The topological polar surface area (TPSA) is 229 Å². The summed E-state index contributed by atoms with van der Waals surface area (Å²) in [7, 11) is 7.57. The molecule has 6 aromatic carbocycles. The molecule has 4 atom stereocenters. The lowest BCUT2D eigenvalue weighted by atomic mass is 9.86. The number of quaternary nitrogens is 2. The van der Waals surface area contributed by atoms with E-state index in [1.807, 2.05) is 60.7 Å². The SMILES string of the molecule is O=S(=O)([O-])c1ccccc1.O=S(=O)([O-])c1ccccc1.[2H]C([2H])([2H])[N+]1(CCC(=O)N(C)CCCCCCN(C)C(=O)CC[N+]2(C([2H])([2H])[2H])CCc3cc(OC)c(OC)cc3C2Cc2ccc(OC)c(OC)c2)CCc2cc(OC)c(OC)cc2C1Cc1ccc(OC)c(OC)c1. The molecule has 0 N–H and O–H groups in total. The van der Waals surface area contributed by atoms with Gasteiger partial charge in [-0.05, 0) is 108 Å². The van der Waals surface area contributed by atoms with E-state index < -0.39 is 46.3 Å². The molecule has 2 amide bonds. The van der Waals surface area contributed by atoms with Gasteiger partial charge in [0.25, 0.3) is 0 Å². The van der Waals surface area contributed by atoms with E-state index >= 15 is 0 Å². The molecule has 0 aliphatic carbocycles. The highest BCUT2D eigenvalue weighted by Gasteiger charge is 2.42. The Balaban J connectivity index is 0.000000618. The molecular weight excluding hydrogens is 1190 g/mol. The van der Waals surface area contributed by atoms with E-state index in [2.05, 4.69) is 0 Å². The fraction of sp³-hybridized carbons (Fsp3) is 0.441. The molecule has 0 saturated carbocycles. The summed E-state index contributed by atoms with van der Waals surface area (Å²) in [6, 6.07) is 32.1. The Hall–Kier alpha value is -7.60. The highest BCUT2D eigenvalue weighted by atomic mass is 32.2. The number of fused-ring (bicyclic) bond motifs is 2. The van der Waals surface area contributed by atoms with Gasteiger partial charge in [-0.15, -0.1) is 0 Å². The van der Waals surface area contributed by atoms with Gasteiger partial charge in [0.15, 0.2) is 46.0 Å². The van der Waals surface area contributed by atoms with Crippen LogP contribution in [-0.4, -0.2) is 181 Å². The zero-order valence-corrected chi connectivity index (χ0v) is 54.8. The molecule has 2 heterocycles. The molecule has 0 radical (unpaired) electrons.